The third-order valence-corrected chi connectivity index (χ3v) is 6.10. The topological polar surface area (TPSA) is 84.3 Å². The van der Waals surface area contributed by atoms with Crippen LogP contribution in [0.15, 0.2) is 30.3 Å². The Morgan fingerprint density at radius 2 is 2.12 bits per heavy atom. The highest BCUT2D eigenvalue weighted by Crippen LogP contribution is 2.41. The summed E-state index contributed by atoms with van der Waals surface area (Å²) in [5, 5.41) is 18.3. The number of carbonyl (C=O) groups excluding carboxylic acids is 1. The predicted octanol–water partition coefficient (Wildman–Crippen LogP) is 3.98. The summed E-state index contributed by atoms with van der Waals surface area (Å²) < 4.78 is 0. The fourth-order valence-electron chi connectivity index (χ4n) is 3.57. The van der Waals surface area contributed by atoms with E-state index in [0.717, 1.165) is 29.8 Å². The highest BCUT2D eigenvalue weighted by Gasteiger charge is 2.31. The van der Waals surface area contributed by atoms with Crippen LogP contribution in [0.25, 0.3) is 6.08 Å². The molecule has 2 aliphatic rings. The van der Waals surface area contributed by atoms with Gasteiger partial charge in [0, 0.05) is 10.9 Å². The van der Waals surface area contributed by atoms with E-state index < -0.39 is 4.92 Å². The van der Waals surface area contributed by atoms with Gasteiger partial charge in [-0.25, -0.2) is 0 Å². The largest absolute Gasteiger partial charge is 0.353 e. The van der Waals surface area contributed by atoms with E-state index in [1.165, 1.54) is 16.5 Å². The number of anilines is 1. The van der Waals surface area contributed by atoms with Crippen LogP contribution in [0.4, 0.5) is 10.7 Å². The minimum absolute atomic E-state index is 0.0483. The Bertz CT molecular complexity index is 919. The number of nitrogens with one attached hydrogen (secondary N) is 2. The molecule has 6 nitrogen and oxygen atoms in total. The van der Waals surface area contributed by atoms with Gasteiger partial charge < -0.3 is 10.6 Å². The molecule has 7 heteroatoms. The number of nitrogens with zero attached hydrogens (tertiary/aromatic N) is 1. The van der Waals surface area contributed by atoms with Crippen LogP contribution in [-0.2, 0) is 12.8 Å². The third-order valence-electron chi connectivity index (χ3n) is 4.91. The van der Waals surface area contributed by atoms with Crippen molar-refractivity contribution in [2.45, 2.75) is 32.4 Å². The summed E-state index contributed by atoms with van der Waals surface area (Å²) in [4.78, 5) is 24.6. The molecule has 2 heterocycles. The number of carbonyl (C=O) groups is 1. The zero-order valence-corrected chi connectivity index (χ0v) is 15.1. The molecule has 0 saturated carbocycles. The number of hydrogen-bond acceptors (Lipinski definition) is 5. The molecule has 1 amide bonds. The lowest BCUT2D eigenvalue weighted by Gasteiger charge is -2.24. The number of benzene rings is 1. The lowest BCUT2D eigenvalue weighted by Crippen LogP contribution is -2.43. The van der Waals surface area contributed by atoms with E-state index in [0.29, 0.717) is 11.5 Å². The molecule has 1 aliphatic carbocycles. The fraction of sp³-hybridized carbons (Fsp3) is 0.316. The van der Waals surface area contributed by atoms with Crippen LogP contribution in [0.1, 0.15) is 39.7 Å². The van der Waals surface area contributed by atoms with Crippen LogP contribution in [0, 0.1) is 16.0 Å². The van der Waals surface area contributed by atoms with Crippen molar-refractivity contribution in [3.8, 4) is 0 Å². The average molecular weight is 369 g/mol. The average Bonchev–Trinajstić information content (AvgIpc) is 2.97. The number of thiophene rings is 1. The van der Waals surface area contributed by atoms with Crippen molar-refractivity contribution < 1.29 is 9.72 Å². The summed E-state index contributed by atoms with van der Waals surface area (Å²) in [6.45, 7) is 2.24. The first-order valence-corrected chi connectivity index (χ1v) is 9.48. The molecule has 1 aromatic heterocycles. The van der Waals surface area contributed by atoms with Crippen molar-refractivity contribution in [3.05, 3.63) is 62.0 Å². The highest BCUT2D eigenvalue weighted by molar-refractivity contribution is 7.16. The van der Waals surface area contributed by atoms with Crippen LogP contribution >= 0.6 is 11.3 Å². The Morgan fingerprint density at radius 3 is 2.92 bits per heavy atom. The van der Waals surface area contributed by atoms with Crippen molar-refractivity contribution >= 4 is 34.0 Å². The van der Waals surface area contributed by atoms with Gasteiger partial charge in [0.1, 0.15) is 11.2 Å². The summed E-state index contributed by atoms with van der Waals surface area (Å²) in [7, 11) is 0. The maximum absolute atomic E-state index is 12.6. The van der Waals surface area contributed by atoms with Gasteiger partial charge in [-0.3, -0.25) is 14.9 Å². The highest BCUT2D eigenvalue weighted by atomic mass is 32.1. The van der Waals surface area contributed by atoms with E-state index in [9.17, 15) is 14.9 Å². The second kappa shape index (κ2) is 6.57. The molecule has 0 unspecified atom stereocenters. The zero-order valence-electron chi connectivity index (χ0n) is 14.3. The Kier molecular flexibility index (Phi) is 4.24. The first kappa shape index (κ1) is 16.8. The molecular formula is C19H19N3O3S. The van der Waals surface area contributed by atoms with Crippen LogP contribution < -0.4 is 10.6 Å². The van der Waals surface area contributed by atoms with Gasteiger partial charge >= 0.3 is 0 Å². The Labute approximate surface area is 155 Å². The van der Waals surface area contributed by atoms with E-state index in [2.05, 4.69) is 17.6 Å². The van der Waals surface area contributed by atoms with E-state index >= 15 is 0 Å². The molecule has 0 radical (unpaired) electrons. The molecule has 1 aliphatic heterocycles. The number of rotatable bonds is 3. The standard InChI is InChI=1S/C19H19N3O3S/c1-11-6-8-13-15(10-11)26-19-17(13)18(23)20-16(21-19)9-7-12-4-2-3-5-14(12)22(24)25/h2-5,7,9,11,16,21H,6,8,10H2,1H3,(H,20,23)/b9-7+/t11-,16+/m0/s1. The van der Waals surface area contributed by atoms with E-state index in [-0.39, 0.29) is 17.8 Å². The van der Waals surface area contributed by atoms with Gasteiger partial charge in [0.05, 0.1) is 16.1 Å². The van der Waals surface area contributed by atoms with Crippen molar-refractivity contribution in [1.82, 2.24) is 5.32 Å². The number of nitro groups is 1. The number of amides is 1. The first-order chi connectivity index (χ1) is 12.5. The number of nitro benzene ring substituents is 1. The molecule has 0 saturated heterocycles. The van der Waals surface area contributed by atoms with Crippen LogP contribution in [0.3, 0.4) is 0 Å². The molecule has 26 heavy (non-hydrogen) atoms. The molecule has 2 aromatic rings. The maximum atomic E-state index is 12.6. The Morgan fingerprint density at radius 1 is 1.31 bits per heavy atom. The summed E-state index contributed by atoms with van der Waals surface area (Å²) >= 11 is 1.66. The Balaban J connectivity index is 1.59. The smallest absolute Gasteiger partial charge is 0.276 e. The lowest BCUT2D eigenvalue weighted by molar-refractivity contribution is -0.385. The minimum Gasteiger partial charge on any atom is -0.353 e. The van der Waals surface area contributed by atoms with E-state index in [4.69, 9.17) is 0 Å². The van der Waals surface area contributed by atoms with Gasteiger partial charge in [0.15, 0.2) is 0 Å². The van der Waals surface area contributed by atoms with Gasteiger partial charge in [-0.15, -0.1) is 11.3 Å². The second-order valence-corrected chi connectivity index (χ2v) is 7.93. The molecule has 1 aromatic carbocycles. The minimum atomic E-state index is -0.404. The Hall–Kier alpha value is -2.67. The maximum Gasteiger partial charge on any atom is 0.276 e. The van der Waals surface area contributed by atoms with Crippen molar-refractivity contribution in [1.29, 1.82) is 0 Å². The van der Waals surface area contributed by atoms with Gasteiger partial charge in [-0.05, 0) is 49.0 Å². The van der Waals surface area contributed by atoms with E-state index in [1.807, 2.05) is 0 Å². The molecule has 2 N–H and O–H groups in total. The second-order valence-electron chi connectivity index (χ2n) is 6.83. The summed E-state index contributed by atoms with van der Waals surface area (Å²) in [5.74, 6) is 0.586. The van der Waals surface area contributed by atoms with Crippen molar-refractivity contribution in [3.63, 3.8) is 0 Å². The summed E-state index contributed by atoms with van der Waals surface area (Å²) in [6.07, 6.45) is 6.14. The molecule has 0 fully saturated rings. The van der Waals surface area contributed by atoms with Crippen molar-refractivity contribution in [2.24, 2.45) is 5.92 Å². The van der Waals surface area contributed by atoms with Crippen LogP contribution in [0.5, 0.6) is 0 Å². The number of fused-ring (bicyclic) bond motifs is 3. The normalized spacial score (nSPS) is 21.7. The lowest BCUT2D eigenvalue weighted by atomic mass is 9.88. The zero-order chi connectivity index (χ0) is 18.3. The van der Waals surface area contributed by atoms with Gasteiger partial charge in [-0.1, -0.05) is 19.1 Å². The molecule has 4 rings (SSSR count). The summed E-state index contributed by atoms with van der Waals surface area (Å²) in [5.41, 5.74) is 2.53. The molecular weight excluding hydrogens is 350 g/mol. The first-order valence-electron chi connectivity index (χ1n) is 8.66. The molecule has 0 bridgehead atoms. The number of hydrogen-bond donors (Lipinski definition) is 2. The monoisotopic (exact) mass is 369 g/mol. The SMILES string of the molecule is C[C@H]1CCc2c(sc3c2C(=O)N[C@@H](/C=C/c2ccccc2[N+](=O)[O-])N3)C1. The summed E-state index contributed by atoms with van der Waals surface area (Å²) in [6, 6.07) is 6.56. The van der Waals surface area contributed by atoms with Gasteiger partial charge in [0.25, 0.3) is 11.6 Å². The van der Waals surface area contributed by atoms with Gasteiger partial charge in [-0.2, -0.15) is 0 Å². The quantitative estimate of drug-likeness (QED) is 0.633. The third kappa shape index (κ3) is 2.99. The fourth-order valence-corrected chi connectivity index (χ4v) is 5.02. The molecule has 0 spiro atoms. The van der Waals surface area contributed by atoms with Crippen LogP contribution in [-0.4, -0.2) is 17.0 Å². The van der Waals surface area contributed by atoms with Gasteiger partial charge in [0.2, 0.25) is 0 Å². The van der Waals surface area contributed by atoms with Crippen LogP contribution in [0.2, 0.25) is 0 Å². The number of para-hydroxylation sites is 1. The van der Waals surface area contributed by atoms with Crippen molar-refractivity contribution in [2.75, 3.05) is 5.32 Å². The van der Waals surface area contributed by atoms with E-state index in [1.54, 1.807) is 41.7 Å². The molecule has 134 valence electrons. The molecule has 2 atom stereocenters. The predicted molar refractivity (Wildman–Crippen MR) is 103 cm³/mol.